The average molecular weight is 394 g/mol. The van der Waals surface area contributed by atoms with Crippen molar-refractivity contribution in [2.24, 2.45) is 5.92 Å². The van der Waals surface area contributed by atoms with E-state index in [0.29, 0.717) is 12.5 Å². The second-order valence-electron chi connectivity index (χ2n) is 8.43. The molecule has 2 aromatic heterocycles. The van der Waals surface area contributed by atoms with E-state index in [4.69, 9.17) is 4.98 Å². The van der Waals surface area contributed by atoms with Gasteiger partial charge in [-0.3, -0.25) is 9.69 Å². The highest BCUT2D eigenvalue weighted by Gasteiger charge is 2.27. The maximum absolute atomic E-state index is 12.7. The van der Waals surface area contributed by atoms with Gasteiger partial charge in [0.05, 0.1) is 6.54 Å². The summed E-state index contributed by atoms with van der Waals surface area (Å²) < 4.78 is 0. The van der Waals surface area contributed by atoms with Gasteiger partial charge in [-0.05, 0) is 62.4 Å². The maximum atomic E-state index is 12.7. The SMILES string of the molecule is CC1CCN(C(=O)CN2CCCC(c3cccc(Nc4ccccn4)n3)C2)CC1. The van der Waals surface area contributed by atoms with Crippen LogP contribution in [-0.2, 0) is 4.79 Å². The molecule has 0 aromatic carbocycles. The van der Waals surface area contributed by atoms with Crippen LogP contribution in [0, 0.1) is 5.92 Å². The van der Waals surface area contributed by atoms with Gasteiger partial charge in [0, 0.05) is 37.4 Å². The number of hydrogen-bond donors (Lipinski definition) is 1. The largest absolute Gasteiger partial charge is 0.342 e. The second-order valence-corrected chi connectivity index (χ2v) is 8.43. The molecule has 2 aliphatic heterocycles. The first-order chi connectivity index (χ1) is 14.2. The third-order valence-electron chi connectivity index (χ3n) is 6.11. The molecule has 154 valence electrons. The van der Waals surface area contributed by atoms with Crippen LogP contribution in [0.1, 0.15) is 44.2 Å². The maximum Gasteiger partial charge on any atom is 0.236 e. The Bertz CT molecular complexity index is 804. The summed E-state index contributed by atoms with van der Waals surface area (Å²) in [6.07, 6.45) is 6.26. The number of hydrogen-bond acceptors (Lipinski definition) is 5. The van der Waals surface area contributed by atoms with E-state index in [0.717, 1.165) is 75.1 Å². The Labute approximate surface area is 173 Å². The van der Waals surface area contributed by atoms with Crippen LogP contribution < -0.4 is 5.32 Å². The number of amides is 1. The molecule has 29 heavy (non-hydrogen) atoms. The fourth-order valence-electron chi connectivity index (χ4n) is 4.31. The number of carbonyl (C=O) groups excluding carboxylic acids is 1. The second kappa shape index (κ2) is 9.35. The molecule has 1 amide bonds. The predicted octanol–water partition coefficient (Wildman–Crippen LogP) is 3.66. The van der Waals surface area contributed by atoms with E-state index in [1.807, 2.05) is 30.3 Å². The van der Waals surface area contributed by atoms with Gasteiger partial charge in [-0.25, -0.2) is 9.97 Å². The number of rotatable bonds is 5. The van der Waals surface area contributed by atoms with Gasteiger partial charge >= 0.3 is 0 Å². The highest BCUT2D eigenvalue weighted by molar-refractivity contribution is 5.78. The summed E-state index contributed by atoms with van der Waals surface area (Å²) in [5.41, 5.74) is 1.09. The highest BCUT2D eigenvalue weighted by Crippen LogP contribution is 2.27. The van der Waals surface area contributed by atoms with Crippen molar-refractivity contribution in [2.75, 3.05) is 38.0 Å². The molecule has 2 aromatic rings. The Morgan fingerprint density at radius 1 is 1.07 bits per heavy atom. The first-order valence-corrected chi connectivity index (χ1v) is 10.8. The third-order valence-corrected chi connectivity index (χ3v) is 6.11. The molecule has 6 nitrogen and oxygen atoms in total. The number of anilines is 2. The van der Waals surface area contributed by atoms with Gasteiger partial charge in [-0.15, -0.1) is 0 Å². The van der Waals surface area contributed by atoms with Gasteiger partial charge < -0.3 is 10.2 Å². The van der Waals surface area contributed by atoms with Crippen LogP contribution in [0.2, 0.25) is 0 Å². The van der Waals surface area contributed by atoms with Crippen molar-refractivity contribution < 1.29 is 4.79 Å². The molecular weight excluding hydrogens is 362 g/mol. The van der Waals surface area contributed by atoms with Crippen LogP contribution in [0.5, 0.6) is 0 Å². The van der Waals surface area contributed by atoms with Crippen LogP contribution in [0.25, 0.3) is 0 Å². The molecule has 6 heteroatoms. The standard InChI is InChI=1S/C23H31N5O/c1-18-10-14-28(15-11-18)23(29)17-27-13-5-6-19(16-27)20-7-4-9-22(25-20)26-21-8-2-3-12-24-21/h2-4,7-9,12,18-19H,5-6,10-11,13-17H2,1H3,(H,24,25,26). The fourth-order valence-corrected chi connectivity index (χ4v) is 4.31. The number of pyridine rings is 2. The molecule has 0 spiro atoms. The number of piperidine rings is 2. The van der Waals surface area contributed by atoms with Crippen LogP contribution in [0.15, 0.2) is 42.6 Å². The Morgan fingerprint density at radius 3 is 2.69 bits per heavy atom. The summed E-state index contributed by atoms with van der Waals surface area (Å²) in [5, 5.41) is 3.28. The van der Waals surface area contributed by atoms with E-state index >= 15 is 0 Å². The van der Waals surface area contributed by atoms with E-state index in [2.05, 4.69) is 33.1 Å². The number of aromatic nitrogens is 2. The topological polar surface area (TPSA) is 61.4 Å². The molecule has 2 aliphatic rings. The van der Waals surface area contributed by atoms with E-state index in [1.54, 1.807) is 6.20 Å². The summed E-state index contributed by atoms with van der Waals surface area (Å²) >= 11 is 0. The van der Waals surface area contributed by atoms with Crippen LogP contribution in [0.4, 0.5) is 11.6 Å². The normalized spacial score (nSPS) is 21.1. The van der Waals surface area contributed by atoms with Gasteiger partial charge in [0.1, 0.15) is 11.6 Å². The van der Waals surface area contributed by atoms with Crippen molar-refractivity contribution in [1.29, 1.82) is 0 Å². The summed E-state index contributed by atoms with van der Waals surface area (Å²) in [4.78, 5) is 26.2. The molecule has 0 saturated carbocycles. The number of nitrogens with zero attached hydrogens (tertiary/aromatic N) is 4. The summed E-state index contributed by atoms with van der Waals surface area (Å²) in [6, 6.07) is 11.9. The van der Waals surface area contributed by atoms with Crippen molar-refractivity contribution in [3.05, 3.63) is 48.3 Å². The third kappa shape index (κ3) is 5.32. The Hall–Kier alpha value is -2.47. The molecular formula is C23H31N5O. The first-order valence-electron chi connectivity index (χ1n) is 10.8. The molecule has 0 aliphatic carbocycles. The summed E-state index contributed by atoms with van der Waals surface area (Å²) in [5.74, 6) is 3.01. The van der Waals surface area contributed by atoms with Crippen molar-refractivity contribution in [2.45, 2.75) is 38.5 Å². The van der Waals surface area contributed by atoms with Crippen LogP contribution >= 0.6 is 0 Å². The lowest BCUT2D eigenvalue weighted by Gasteiger charge is -2.35. The van der Waals surface area contributed by atoms with Gasteiger partial charge in [-0.1, -0.05) is 19.1 Å². The monoisotopic (exact) mass is 393 g/mol. The fraction of sp³-hybridized carbons (Fsp3) is 0.522. The van der Waals surface area contributed by atoms with Crippen molar-refractivity contribution in [3.8, 4) is 0 Å². The van der Waals surface area contributed by atoms with E-state index in [1.165, 1.54) is 0 Å². The molecule has 2 fully saturated rings. The predicted molar refractivity (Wildman–Crippen MR) is 115 cm³/mol. The molecule has 0 radical (unpaired) electrons. The smallest absolute Gasteiger partial charge is 0.236 e. The zero-order valence-corrected chi connectivity index (χ0v) is 17.3. The van der Waals surface area contributed by atoms with Gasteiger partial charge in [0.2, 0.25) is 5.91 Å². The molecule has 1 atom stereocenters. The van der Waals surface area contributed by atoms with E-state index < -0.39 is 0 Å². The van der Waals surface area contributed by atoms with Crippen molar-refractivity contribution in [1.82, 2.24) is 19.8 Å². The Kier molecular flexibility index (Phi) is 6.39. The Morgan fingerprint density at radius 2 is 1.90 bits per heavy atom. The molecule has 1 N–H and O–H groups in total. The van der Waals surface area contributed by atoms with E-state index in [-0.39, 0.29) is 5.91 Å². The van der Waals surface area contributed by atoms with Crippen LogP contribution in [0.3, 0.4) is 0 Å². The summed E-state index contributed by atoms with van der Waals surface area (Å²) in [6.45, 7) is 6.55. The lowest BCUT2D eigenvalue weighted by molar-refractivity contribution is -0.134. The van der Waals surface area contributed by atoms with Gasteiger partial charge in [0.15, 0.2) is 0 Å². The lowest BCUT2D eigenvalue weighted by Crippen LogP contribution is -2.46. The van der Waals surface area contributed by atoms with Gasteiger partial charge in [0.25, 0.3) is 0 Å². The van der Waals surface area contributed by atoms with Gasteiger partial charge in [-0.2, -0.15) is 0 Å². The zero-order chi connectivity index (χ0) is 20.1. The molecule has 2 saturated heterocycles. The minimum Gasteiger partial charge on any atom is -0.342 e. The molecule has 4 rings (SSSR count). The minimum absolute atomic E-state index is 0.288. The number of likely N-dealkylation sites (tertiary alicyclic amines) is 2. The van der Waals surface area contributed by atoms with E-state index in [9.17, 15) is 4.79 Å². The van der Waals surface area contributed by atoms with Crippen molar-refractivity contribution >= 4 is 17.5 Å². The molecule has 0 bridgehead atoms. The molecule has 4 heterocycles. The number of carbonyl (C=O) groups is 1. The van der Waals surface area contributed by atoms with Crippen LogP contribution in [-0.4, -0.2) is 58.4 Å². The Balaban J connectivity index is 1.35. The number of nitrogens with one attached hydrogen (secondary N) is 1. The zero-order valence-electron chi connectivity index (χ0n) is 17.3. The quantitative estimate of drug-likeness (QED) is 0.840. The van der Waals surface area contributed by atoms with Crippen molar-refractivity contribution in [3.63, 3.8) is 0 Å². The summed E-state index contributed by atoms with van der Waals surface area (Å²) in [7, 11) is 0. The first kappa shape index (κ1) is 19.8. The molecule has 1 unspecified atom stereocenters. The average Bonchev–Trinajstić information content (AvgIpc) is 2.75. The highest BCUT2D eigenvalue weighted by atomic mass is 16.2. The minimum atomic E-state index is 0.288. The lowest BCUT2D eigenvalue weighted by atomic mass is 9.94.